The molecule has 1 aromatic heterocycles. The van der Waals surface area contributed by atoms with Crippen LogP contribution in [0.5, 0.6) is 0 Å². The molecule has 16 heavy (non-hydrogen) atoms. The van der Waals surface area contributed by atoms with Gasteiger partial charge in [0.1, 0.15) is 6.29 Å². The summed E-state index contributed by atoms with van der Waals surface area (Å²) in [6, 6.07) is 8.47. The number of nitrogens with zero attached hydrogens (tertiary/aromatic N) is 1. The SMILES string of the molecule is Nc1ccc(Cl)cc1-c1cc(C=O)ccn1. The number of hydrogen-bond donors (Lipinski definition) is 1. The van der Waals surface area contributed by atoms with Crippen molar-refractivity contribution < 1.29 is 4.79 Å². The first-order valence-electron chi connectivity index (χ1n) is 4.67. The van der Waals surface area contributed by atoms with Crippen molar-refractivity contribution in [2.75, 3.05) is 5.73 Å². The largest absolute Gasteiger partial charge is 0.398 e. The van der Waals surface area contributed by atoms with Gasteiger partial charge in [-0.05, 0) is 30.3 Å². The Labute approximate surface area is 97.9 Å². The van der Waals surface area contributed by atoms with Crippen LogP contribution in [-0.4, -0.2) is 11.3 Å². The number of hydrogen-bond acceptors (Lipinski definition) is 3. The van der Waals surface area contributed by atoms with E-state index in [1.165, 1.54) is 0 Å². The van der Waals surface area contributed by atoms with E-state index in [9.17, 15) is 4.79 Å². The van der Waals surface area contributed by atoms with Crippen LogP contribution in [0.4, 0.5) is 5.69 Å². The van der Waals surface area contributed by atoms with Crippen molar-refractivity contribution in [3.05, 3.63) is 47.1 Å². The number of rotatable bonds is 2. The highest BCUT2D eigenvalue weighted by molar-refractivity contribution is 6.31. The predicted octanol–water partition coefficient (Wildman–Crippen LogP) is 2.80. The minimum atomic E-state index is 0.560. The van der Waals surface area contributed by atoms with E-state index < -0.39 is 0 Å². The van der Waals surface area contributed by atoms with E-state index >= 15 is 0 Å². The number of nitrogens with two attached hydrogens (primary N) is 1. The van der Waals surface area contributed by atoms with Crippen molar-refractivity contribution in [1.29, 1.82) is 0 Å². The molecule has 0 radical (unpaired) electrons. The van der Waals surface area contributed by atoms with Gasteiger partial charge in [-0.2, -0.15) is 0 Å². The molecular formula is C12H9ClN2O. The van der Waals surface area contributed by atoms with E-state index in [1.54, 1.807) is 36.5 Å². The fraction of sp³-hybridized carbons (Fsp3) is 0. The molecule has 0 saturated carbocycles. The van der Waals surface area contributed by atoms with Crippen LogP contribution in [-0.2, 0) is 0 Å². The number of nitrogen functional groups attached to an aromatic ring is 1. The molecule has 0 spiro atoms. The monoisotopic (exact) mass is 232 g/mol. The van der Waals surface area contributed by atoms with E-state index in [-0.39, 0.29) is 0 Å². The maximum Gasteiger partial charge on any atom is 0.150 e. The molecule has 80 valence electrons. The van der Waals surface area contributed by atoms with Crippen LogP contribution in [0.25, 0.3) is 11.3 Å². The Morgan fingerprint density at radius 1 is 1.25 bits per heavy atom. The molecule has 1 aromatic carbocycles. The lowest BCUT2D eigenvalue weighted by Crippen LogP contribution is -1.93. The van der Waals surface area contributed by atoms with Crippen LogP contribution in [0, 0.1) is 0 Å². The average Bonchev–Trinajstić information content (AvgIpc) is 2.32. The number of carbonyl (C=O) groups is 1. The maximum atomic E-state index is 10.7. The van der Waals surface area contributed by atoms with Crippen LogP contribution < -0.4 is 5.73 Å². The van der Waals surface area contributed by atoms with E-state index in [0.717, 1.165) is 11.8 Å². The maximum absolute atomic E-state index is 10.7. The van der Waals surface area contributed by atoms with Crippen molar-refractivity contribution in [3.8, 4) is 11.3 Å². The number of pyridine rings is 1. The molecule has 0 fully saturated rings. The van der Waals surface area contributed by atoms with Crippen molar-refractivity contribution in [1.82, 2.24) is 4.98 Å². The summed E-state index contributed by atoms with van der Waals surface area (Å²) in [5.41, 5.74) is 8.34. The molecule has 0 saturated heterocycles. The third-order valence-corrected chi connectivity index (χ3v) is 2.45. The van der Waals surface area contributed by atoms with Crippen LogP contribution >= 0.6 is 11.6 Å². The first-order chi connectivity index (χ1) is 7.70. The topological polar surface area (TPSA) is 56.0 Å². The van der Waals surface area contributed by atoms with E-state index in [1.807, 2.05) is 0 Å². The smallest absolute Gasteiger partial charge is 0.150 e. The van der Waals surface area contributed by atoms with Crippen molar-refractivity contribution >= 4 is 23.6 Å². The molecule has 2 aromatic rings. The standard InChI is InChI=1S/C12H9ClN2O/c13-9-1-2-11(14)10(6-9)12-5-8(7-16)3-4-15-12/h1-7H,14H2. The van der Waals surface area contributed by atoms with Gasteiger partial charge in [-0.15, -0.1) is 0 Å². The number of halogens is 1. The summed E-state index contributed by atoms with van der Waals surface area (Å²) in [6.07, 6.45) is 2.34. The van der Waals surface area contributed by atoms with E-state index in [0.29, 0.717) is 22.0 Å². The summed E-state index contributed by atoms with van der Waals surface area (Å²) < 4.78 is 0. The second kappa shape index (κ2) is 4.33. The lowest BCUT2D eigenvalue weighted by Gasteiger charge is -2.05. The Hall–Kier alpha value is -1.87. The molecule has 0 bridgehead atoms. The normalized spacial score (nSPS) is 10.1. The second-order valence-corrected chi connectivity index (χ2v) is 3.76. The highest BCUT2D eigenvalue weighted by Crippen LogP contribution is 2.27. The summed E-state index contributed by atoms with van der Waals surface area (Å²) >= 11 is 5.89. The molecule has 2 N–H and O–H groups in total. The van der Waals surface area contributed by atoms with Gasteiger partial charge in [0.25, 0.3) is 0 Å². The van der Waals surface area contributed by atoms with Gasteiger partial charge < -0.3 is 5.73 Å². The zero-order chi connectivity index (χ0) is 11.5. The number of aromatic nitrogens is 1. The quantitative estimate of drug-likeness (QED) is 0.640. The van der Waals surface area contributed by atoms with Gasteiger partial charge in [0.15, 0.2) is 0 Å². The molecule has 0 aliphatic carbocycles. The van der Waals surface area contributed by atoms with Gasteiger partial charge in [0.05, 0.1) is 5.69 Å². The lowest BCUT2D eigenvalue weighted by molar-refractivity contribution is 0.112. The second-order valence-electron chi connectivity index (χ2n) is 3.32. The third-order valence-electron chi connectivity index (χ3n) is 2.21. The molecule has 4 heteroatoms. The van der Waals surface area contributed by atoms with Crippen LogP contribution in [0.15, 0.2) is 36.5 Å². The van der Waals surface area contributed by atoms with Crippen LogP contribution in [0.1, 0.15) is 10.4 Å². The summed E-state index contributed by atoms with van der Waals surface area (Å²) in [6.45, 7) is 0. The number of anilines is 1. The molecule has 0 amide bonds. The highest BCUT2D eigenvalue weighted by atomic mass is 35.5. The molecule has 0 atom stereocenters. The zero-order valence-corrected chi connectivity index (χ0v) is 9.11. The van der Waals surface area contributed by atoms with Crippen LogP contribution in [0.3, 0.4) is 0 Å². The summed E-state index contributed by atoms with van der Waals surface area (Å²) in [4.78, 5) is 14.8. The van der Waals surface area contributed by atoms with Crippen molar-refractivity contribution in [2.24, 2.45) is 0 Å². The third kappa shape index (κ3) is 2.04. The fourth-order valence-electron chi connectivity index (χ4n) is 1.42. The first-order valence-corrected chi connectivity index (χ1v) is 5.05. The summed E-state index contributed by atoms with van der Waals surface area (Å²) in [5, 5.41) is 0.586. The lowest BCUT2D eigenvalue weighted by atomic mass is 10.1. The molecule has 3 nitrogen and oxygen atoms in total. The number of carbonyl (C=O) groups excluding carboxylic acids is 1. The fourth-order valence-corrected chi connectivity index (χ4v) is 1.59. The number of benzene rings is 1. The van der Waals surface area contributed by atoms with E-state index in [2.05, 4.69) is 4.98 Å². The Bertz CT molecular complexity index is 540. The van der Waals surface area contributed by atoms with Crippen molar-refractivity contribution in [2.45, 2.75) is 0 Å². The Morgan fingerprint density at radius 3 is 2.81 bits per heavy atom. The summed E-state index contributed by atoms with van der Waals surface area (Å²) in [7, 11) is 0. The first kappa shape index (κ1) is 10.6. The van der Waals surface area contributed by atoms with Gasteiger partial charge in [-0.25, -0.2) is 0 Å². The molecule has 0 aliphatic rings. The summed E-state index contributed by atoms with van der Waals surface area (Å²) in [5.74, 6) is 0. The zero-order valence-electron chi connectivity index (χ0n) is 8.35. The molecule has 0 aliphatic heterocycles. The minimum Gasteiger partial charge on any atom is -0.398 e. The Kier molecular flexibility index (Phi) is 2.88. The molecule has 2 rings (SSSR count). The van der Waals surface area contributed by atoms with Crippen molar-refractivity contribution in [3.63, 3.8) is 0 Å². The average molecular weight is 233 g/mol. The molecule has 1 heterocycles. The van der Waals surface area contributed by atoms with Gasteiger partial charge in [0, 0.05) is 28.0 Å². The number of aldehydes is 1. The Balaban J connectivity index is 2.57. The van der Waals surface area contributed by atoms with Gasteiger partial charge >= 0.3 is 0 Å². The Morgan fingerprint density at radius 2 is 2.06 bits per heavy atom. The molecular weight excluding hydrogens is 224 g/mol. The van der Waals surface area contributed by atoms with Crippen LogP contribution in [0.2, 0.25) is 5.02 Å². The molecule has 0 unspecified atom stereocenters. The minimum absolute atomic E-state index is 0.560. The highest BCUT2D eigenvalue weighted by Gasteiger charge is 2.05. The van der Waals surface area contributed by atoms with Gasteiger partial charge in [-0.1, -0.05) is 11.6 Å². The van der Waals surface area contributed by atoms with Gasteiger partial charge in [-0.3, -0.25) is 9.78 Å². The van der Waals surface area contributed by atoms with Gasteiger partial charge in [0.2, 0.25) is 0 Å². The van der Waals surface area contributed by atoms with E-state index in [4.69, 9.17) is 17.3 Å². The predicted molar refractivity (Wildman–Crippen MR) is 64.5 cm³/mol.